The summed E-state index contributed by atoms with van der Waals surface area (Å²) in [4.78, 5) is 1.67. The van der Waals surface area contributed by atoms with E-state index in [1.165, 1.54) is 0 Å². The second-order valence-corrected chi connectivity index (χ2v) is 5.98. The van der Waals surface area contributed by atoms with Crippen molar-refractivity contribution < 1.29 is 0 Å². The van der Waals surface area contributed by atoms with E-state index in [1.807, 2.05) is 0 Å². The number of hydrogen-bond donors (Lipinski definition) is 0. The molecule has 0 bridgehead atoms. The van der Waals surface area contributed by atoms with Crippen molar-refractivity contribution in [1.29, 1.82) is 0 Å². The Morgan fingerprint density at radius 3 is 1.25 bits per heavy atom. The molecule has 0 aromatic heterocycles. The molecule has 0 aromatic carbocycles. The van der Waals surface area contributed by atoms with Gasteiger partial charge in [-0.05, 0) is 10.8 Å². The van der Waals surface area contributed by atoms with Crippen molar-refractivity contribution in [3.8, 4) is 0 Å². The Balaban J connectivity index is 3.83. The molecule has 0 heterocycles. The van der Waals surface area contributed by atoms with Gasteiger partial charge in [-0.15, -0.1) is 0 Å². The van der Waals surface area contributed by atoms with Crippen molar-refractivity contribution in [3.05, 3.63) is 7.05 Å². The molecular formula is C11H22N. The third-order valence-electron chi connectivity index (χ3n) is 1.33. The van der Waals surface area contributed by atoms with Crippen LogP contribution < -0.4 is 0 Å². The van der Waals surface area contributed by atoms with Gasteiger partial charge in [0.05, 0.1) is 7.05 Å². The average molecular weight is 168 g/mol. The number of nitrogens with zero attached hydrogens (tertiary/aromatic N) is 1. The Morgan fingerprint density at radius 1 is 0.833 bits per heavy atom. The number of hydrogen-bond acceptors (Lipinski definition) is 1. The highest BCUT2D eigenvalue weighted by Gasteiger charge is 2.18. The molecule has 1 nitrogen and oxygen atoms in total. The second kappa shape index (κ2) is 3.78. The summed E-state index contributed by atoms with van der Waals surface area (Å²) in [6, 6.07) is 0. The first-order valence-corrected chi connectivity index (χ1v) is 4.56. The Labute approximate surface area is 78.1 Å². The Hall–Kier alpha value is -0.0400. The maximum atomic E-state index is 7.72. The molecule has 0 aliphatic heterocycles. The Morgan fingerprint density at radius 2 is 1.08 bits per heavy atom. The van der Waals surface area contributed by atoms with E-state index in [0.29, 0.717) is 0 Å². The molecule has 12 heavy (non-hydrogen) atoms. The predicted octanol–water partition coefficient (Wildman–Crippen LogP) is 2.93. The quantitative estimate of drug-likeness (QED) is 0.613. The van der Waals surface area contributed by atoms with Crippen LogP contribution in [0.2, 0.25) is 0 Å². The fourth-order valence-corrected chi connectivity index (χ4v) is 1.20. The van der Waals surface area contributed by atoms with Crippen LogP contribution >= 0.6 is 0 Å². The molecule has 0 N–H and O–H groups in total. The van der Waals surface area contributed by atoms with Crippen LogP contribution in [0.25, 0.3) is 0 Å². The molecule has 71 valence electrons. The number of rotatable bonds is 2. The molecule has 1 heteroatoms. The standard InChI is InChI=1S/C11H22N/c1-10(2,3)8-12(7)9-11(4,5)6/h8-9H2,1-6H3. The third-order valence-corrected chi connectivity index (χ3v) is 1.33. The lowest BCUT2D eigenvalue weighted by atomic mass is 9.92. The van der Waals surface area contributed by atoms with E-state index in [4.69, 9.17) is 7.05 Å². The SMILES string of the molecule is [C]N(CC(C)(C)C)CC(C)(C)C. The molecule has 0 saturated heterocycles. The fraction of sp³-hybridized carbons (Fsp3) is 0.909. The summed E-state index contributed by atoms with van der Waals surface area (Å²) in [7, 11) is 7.72. The van der Waals surface area contributed by atoms with Crippen LogP contribution in [0.1, 0.15) is 41.5 Å². The summed E-state index contributed by atoms with van der Waals surface area (Å²) in [6.45, 7) is 14.7. The van der Waals surface area contributed by atoms with Crippen molar-refractivity contribution in [3.63, 3.8) is 0 Å². The van der Waals surface area contributed by atoms with Crippen molar-refractivity contribution in [2.24, 2.45) is 10.8 Å². The minimum atomic E-state index is 0.229. The highest BCUT2D eigenvalue weighted by Crippen LogP contribution is 2.19. The van der Waals surface area contributed by atoms with Gasteiger partial charge in [0.25, 0.3) is 0 Å². The van der Waals surface area contributed by atoms with E-state index in [-0.39, 0.29) is 10.8 Å². The van der Waals surface area contributed by atoms with Gasteiger partial charge in [0, 0.05) is 13.1 Å². The fourth-order valence-electron chi connectivity index (χ4n) is 1.20. The topological polar surface area (TPSA) is 3.24 Å². The molecule has 0 atom stereocenters. The molecule has 0 aromatic rings. The smallest absolute Gasteiger partial charge is 0.0883 e. The summed E-state index contributed by atoms with van der Waals surface area (Å²) in [5.74, 6) is 0. The molecule has 0 spiro atoms. The highest BCUT2D eigenvalue weighted by molar-refractivity contribution is 4.73. The van der Waals surface area contributed by atoms with Gasteiger partial charge in [0.15, 0.2) is 0 Å². The lowest BCUT2D eigenvalue weighted by molar-refractivity contribution is 0.190. The van der Waals surface area contributed by atoms with Crippen LogP contribution in [0.3, 0.4) is 0 Å². The lowest BCUT2D eigenvalue weighted by Crippen LogP contribution is -2.34. The van der Waals surface area contributed by atoms with Crippen molar-refractivity contribution in [2.75, 3.05) is 13.1 Å². The van der Waals surface area contributed by atoms with Gasteiger partial charge >= 0.3 is 0 Å². The first-order chi connectivity index (χ1) is 5.10. The Bertz CT molecular complexity index is 109. The Kier molecular flexibility index (Phi) is 3.77. The van der Waals surface area contributed by atoms with Crippen LogP contribution in [0.4, 0.5) is 0 Å². The van der Waals surface area contributed by atoms with Crippen LogP contribution in [-0.4, -0.2) is 18.0 Å². The normalized spacial score (nSPS) is 14.0. The zero-order chi connectivity index (χ0) is 9.99. The van der Waals surface area contributed by atoms with E-state index in [2.05, 4.69) is 41.5 Å². The van der Waals surface area contributed by atoms with Crippen LogP contribution in [-0.2, 0) is 0 Å². The van der Waals surface area contributed by atoms with Crippen molar-refractivity contribution >= 4 is 0 Å². The van der Waals surface area contributed by atoms with Gasteiger partial charge in [0.1, 0.15) is 0 Å². The van der Waals surface area contributed by atoms with Gasteiger partial charge in [-0.25, -0.2) is 0 Å². The molecule has 0 aliphatic carbocycles. The van der Waals surface area contributed by atoms with Gasteiger partial charge in [-0.3, -0.25) is 4.90 Å². The minimum absolute atomic E-state index is 0.229. The summed E-state index contributed by atoms with van der Waals surface area (Å²) in [5, 5.41) is 0. The monoisotopic (exact) mass is 168 g/mol. The van der Waals surface area contributed by atoms with E-state index in [0.717, 1.165) is 13.1 Å². The van der Waals surface area contributed by atoms with Crippen LogP contribution in [0.5, 0.6) is 0 Å². The molecule has 0 unspecified atom stereocenters. The van der Waals surface area contributed by atoms with E-state index in [9.17, 15) is 0 Å². The zero-order valence-corrected chi connectivity index (χ0v) is 9.36. The highest BCUT2D eigenvalue weighted by atomic mass is 15.1. The molecule has 0 fully saturated rings. The average Bonchev–Trinajstić information content (AvgIpc) is 1.49. The maximum Gasteiger partial charge on any atom is 0.0883 e. The summed E-state index contributed by atoms with van der Waals surface area (Å²) in [6.07, 6.45) is 0. The molecular weight excluding hydrogens is 146 g/mol. The summed E-state index contributed by atoms with van der Waals surface area (Å²) in [5.41, 5.74) is 0.458. The largest absolute Gasteiger partial charge is 0.291 e. The molecule has 0 aliphatic rings. The zero-order valence-electron chi connectivity index (χ0n) is 9.36. The second-order valence-electron chi connectivity index (χ2n) is 5.98. The molecule has 0 amide bonds. The van der Waals surface area contributed by atoms with Crippen molar-refractivity contribution in [2.45, 2.75) is 41.5 Å². The lowest BCUT2D eigenvalue weighted by Gasteiger charge is -2.30. The molecule has 0 rings (SSSR count). The third kappa shape index (κ3) is 8.06. The van der Waals surface area contributed by atoms with Gasteiger partial charge < -0.3 is 0 Å². The van der Waals surface area contributed by atoms with Gasteiger partial charge in [0.2, 0.25) is 0 Å². The van der Waals surface area contributed by atoms with E-state index >= 15 is 0 Å². The first kappa shape index (κ1) is 12.0. The van der Waals surface area contributed by atoms with Crippen LogP contribution in [0.15, 0.2) is 0 Å². The first-order valence-electron chi connectivity index (χ1n) is 4.56. The molecule has 3 radical (unpaired) electrons. The molecule has 0 saturated carbocycles. The van der Waals surface area contributed by atoms with E-state index < -0.39 is 0 Å². The van der Waals surface area contributed by atoms with Gasteiger partial charge in [-0.1, -0.05) is 41.5 Å². The summed E-state index contributed by atoms with van der Waals surface area (Å²) < 4.78 is 0. The van der Waals surface area contributed by atoms with E-state index in [1.54, 1.807) is 4.90 Å². The predicted molar refractivity (Wildman–Crippen MR) is 53.7 cm³/mol. The maximum absolute atomic E-state index is 7.72. The van der Waals surface area contributed by atoms with Crippen LogP contribution in [0, 0.1) is 17.9 Å². The van der Waals surface area contributed by atoms with Crippen molar-refractivity contribution in [1.82, 2.24) is 4.90 Å². The van der Waals surface area contributed by atoms with Gasteiger partial charge in [-0.2, -0.15) is 0 Å². The minimum Gasteiger partial charge on any atom is -0.291 e. The summed E-state index contributed by atoms with van der Waals surface area (Å²) >= 11 is 0.